The Balaban J connectivity index is 2.06. The molecule has 1 saturated heterocycles. The van der Waals surface area contributed by atoms with Crippen molar-refractivity contribution in [2.45, 2.75) is 52.2 Å². The van der Waals surface area contributed by atoms with E-state index in [0.717, 1.165) is 38.3 Å². The van der Waals surface area contributed by atoms with Crippen molar-refractivity contribution in [1.29, 1.82) is 0 Å². The predicted molar refractivity (Wildman–Crippen MR) is 84.6 cm³/mol. The maximum atomic E-state index is 5.76. The van der Waals surface area contributed by atoms with Gasteiger partial charge in [-0.25, -0.2) is 0 Å². The molecular formula is C17H28N2O2. The highest BCUT2D eigenvalue weighted by molar-refractivity contribution is 5.26. The summed E-state index contributed by atoms with van der Waals surface area (Å²) in [6.45, 7) is 9.08. The molecule has 0 radical (unpaired) electrons. The van der Waals surface area contributed by atoms with Crippen molar-refractivity contribution < 1.29 is 9.47 Å². The average molecular weight is 292 g/mol. The van der Waals surface area contributed by atoms with Crippen LogP contribution in [0.3, 0.4) is 0 Å². The predicted octanol–water partition coefficient (Wildman–Crippen LogP) is 3.34. The Morgan fingerprint density at radius 3 is 2.95 bits per heavy atom. The zero-order valence-electron chi connectivity index (χ0n) is 13.5. The van der Waals surface area contributed by atoms with Gasteiger partial charge in [0.05, 0.1) is 12.3 Å². The topological polar surface area (TPSA) is 43.4 Å². The lowest BCUT2D eigenvalue weighted by Gasteiger charge is -2.22. The van der Waals surface area contributed by atoms with Gasteiger partial charge >= 0.3 is 0 Å². The van der Waals surface area contributed by atoms with Crippen molar-refractivity contribution in [1.82, 2.24) is 10.3 Å². The molecule has 2 heterocycles. The zero-order chi connectivity index (χ0) is 15.1. The second kappa shape index (κ2) is 8.35. The van der Waals surface area contributed by atoms with Crippen LogP contribution in [0.4, 0.5) is 0 Å². The van der Waals surface area contributed by atoms with E-state index < -0.39 is 0 Å². The normalized spacial score (nSPS) is 19.9. The third kappa shape index (κ3) is 5.29. The lowest BCUT2D eigenvalue weighted by molar-refractivity contribution is 0.181. The Labute approximate surface area is 128 Å². The van der Waals surface area contributed by atoms with Crippen molar-refractivity contribution >= 4 is 0 Å². The van der Waals surface area contributed by atoms with E-state index >= 15 is 0 Å². The fourth-order valence-electron chi connectivity index (χ4n) is 2.72. The molecule has 1 aliphatic heterocycles. The quantitative estimate of drug-likeness (QED) is 0.798. The second-order valence-corrected chi connectivity index (χ2v) is 6.09. The number of aromatic nitrogens is 1. The first-order valence-corrected chi connectivity index (χ1v) is 8.11. The maximum absolute atomic E-state index is 5.76. The van der Waals surface area contributed by atoms with Gasteiger partial charge in [-0.15, -0.1) is 0 Å². The molecule has 0 spiro atoms. The molecule has 1 N–H and O–H groups in total. The molecule has 0 aromatic carbocycles. The van der Waals surface area contributed by atoms with Gasteiger partial charge in [0, 0.05) is 25.5 Å². The van der Waals surface area contributed by atoms with Crippen molar-refractivity contribution in [2.24, 2.45) is 5.92 Å². The summed E-state index contributed by atoms with van der Waals surface area (Å²) in [7, 11) is 0. The molecule has 0 amide bonds. The molecular weight excluding hydrogens is 264 g/mol. The summed E-state index contributed by atoms with van der Waals surface area (Å²) in [5.41, 5.74) is 1.22. The highest BCUT2D eigenvalue weighted by atomic mass is 16.5. The van der Waals surface area contributed by atoms with Gasteiger partial charge in [0.1, 0.15) is 5.75 Å². The standard InChI is InChI=1S/C17H28N2O2/c1-4-6-19-17(8-14-5-7-20-12-14)15-9-16(11-18-10-15)21-13(2)3/h9-11,13-14,17,19H,4-8,12H2,1-3H3. The molecule has 2 unspecified atom stereocenters. The van der Waals surface area contributed by atoms with Crippen LogP contribution in [0.15, 0.2) is 18.5 Å². The highest BCUT2D eigenvalue weighted by Gasteiger charge is 2.22. The van der Waals surface area contributed by atoms with E-state index in [0.29, 0.717) is 12.0 Å². The minimum atomic E-state index is 0.173. The van der Waals surface area contributed by atoms with Gasteiger partial charge in [-0.05, 0) is 57.2 Å². The largest absolute Gasteiger partial charge is 0.489 e. The molecule has 0 bridgehead atoms. The minimum Gasteiger partial charge on any atom is -0.489 e. The lowest BCUT2D eigenvalue weighted by atomic mass is 9.95. The SMILES string of the molecule is CCCNC(CC1CCOC1)c1cncc(OC(C)C)c1. The van der Waals surface area contributed by atoms with Gasteiger partial charge in [-0.3, -0.25) is 4.98 Å². The Morgan fingerprint density at radius 1 is 1.43 bits per heavy atom. The Morgan fingerprint density at radius 2 is 2.29 bits per heavy atom. The smallest absolute Gasteiger partial charge is 0.138 e. The number of pyridine rings is 1. The fourth-order valence-corrected chi connectivity index (χ4v) is 2.72. The first-order chi connectivity index (χ1) is 10.2. The third-order valence-electron chi connectivity index (χ3n) is 3.74. The fraction of sp³-hybridized carbons (Fsp3) is 0.706. The summed E-state index contributed by atoms with van der Waals surface area (Å²) >= 11 is 0. The van der Waals surface area contributed by atoms with Crippen LogP contribution in [-0.4, -0.2) is 30.8 Å². The van der Waals surface area contributed by atoms with Gasteiger partial charge < -0.3 is 14.8 Å². The van der Waals surface area contributed by atoms with E-state index in [4.69, 9.17) is 9.47 Å². The molecule has 1 aliphatic rings. The molecule has 2 atom stereocenters. The van der Waals surface area contributed by atoms with Gasteiger partial charge in [-0.1, -0.05) is 6.92 Å². The number of hydrogen-bond donors (Lipinski definition) is 1. The lowest BCUT2D eigenvalue weighted by Crippen LogP contribution is -2.25. The summed E-state index contributed by atoms with van der Waals surface area (Å²) in [6, 6.07) is 2.45. The summed E-state index contributed by atoms with van der Waals surface area (Å²) in [5, 5.41) is 3.64. The van der Waals surface area contributed by atoms with E-state index in [1.54, 1.807) is 6.20 Å². The van der Waals surface area contributed by atoms with E-state index in [2.05, 4.69) is 23.3 Å². The molecule has 21 heavy (non-hydrogen) atoms. The van der Waals surface area contributed by atoms with Crippen molar-refractivity contribution in [3.63, 3.8) is 0 Å². The van der Waals surface area contributed by atoms with E-state index in [-0.39, 0.29) is 6.10 Å². The summed E-state index contributed by atoms with van der Waals surface area (Å²) < 4.78 is 11.3. The third-order valence-corrected chi connectivity index (χ3v) is 3.74. The van der Waals surface area contributed by atoms with Crippen LogP contribution < -0.4 is 10.1 Å². The first-order valence-electron chi connectivity index (χ1n) is 8.11. The molecule has 0 aliphatic carbocycles. The first kappa shape index (κ1) is 16.2. The van der Waals surface area contributed by atoms with Gasteiger partial charge in [0.2, 0.25) is 0 Å². The summed E-state index contributed by atoms with van der Waals surface area (Å²) in [5.74, 6) is 1.50. The molecule has 1 aromatic rings. The molecule has 0 saturated carbocycles. The van der Waals surface area contributed by atoms with Crippen LogP contribution >= 0.6 is 0 Å². The molecule has 4 nitrogen and oxygen atoms in total. The van der Waals surface area contributed by atoms with Crippen LogP contribution in [0, 0.1) is 5.92 Å². The maximum Gasteiger partial charge on any atom is 0.138 e. The molecule has 118 valence electrons. The zero-order valence-corrected chi connectivity index (χ0v) is 13.5. The van der Waals surface area contributed by atoms with Crippen LogP contribution in [-0.2, 0) is 4.74 Å². The van der Waals surface area contributed by atoms with Crippen molar-refractivity contribution in [3.05, 3.63) is 24.0 Å². The van der Waals surface area contributed by atoms with E-state index in [9.17, 15) is 0 Å². The Bertz CT molecular complexity index is 417. The van der Waals surface area contributed by atoms with Crippen LogP contribution in [0.1, 0.15) is 51.6 Å². The average Bonchev–Trinajstić information content (AvgIpc) is 2.96. The summed E-state index contributed by atoms with van der Waals surface area (Å²) in [4.78, 5) is 4.34. The van der Waals surface area contributed by atoms with Crippen LogP contribution in [0.2, 0.25) is 0 Å². The number of rotatable bonds is 8. The molecule has 2 rings (SSSR count). The van der Waals surface area contributed by atoms with E-state index in [1.165, 1.54) is 12.0 Å². The second-order valence-electron chi connectivity index (χ2n) is 6.09. The van der Waals surface area contributed by atoms with Gasteiger partial charge in [-0.2, -0.15) is 0 Å². The minimum absolute atomic E-state index is 0.173. The van der Waals surface area contributed by atoms with Crippen LogP contribution in [0.25, 0.3) is 0 Å². The van der Waals surface area contributed by atoms with Crippen LogP contribution in [0.5, 0.6) is 5.75 Å². The Kier molecular flexibility index (Phi) is 6.46. The Hall–Kier alpha value is -1.13. The van der Waals surface area contributed by atoms with E-state index in [1.807, 2.05) is 20.0 Å². The number of nitrogens with one attached hydrogen (secondary N) is 1. The highest BCUT2D eigenvalue weighted by Crippen LogP contribution is 2.28. The number of nitrogens with zero attached hydrogens (tertiary/aromatic N) is 1. The van der Waals surface area contributed by atoms with Gasteiger partial charge in [0.25, 0.3) is 0 Å². The van der Waals surface area contributed by atoms with Crippen molar-refractivity contribution in [3.8, 4) is 5.75 Å². The van der Waals surface area contributed by atoms with Gasteiger partial charge in [0.15, 0.2) is 0 Å². The molecule has 1 aromatic heterocycles. The molecule has 4 heteroatoms. The summed E-state index contributed by atoms with van der Waals surface area (Å²) in [6.07, 6.45) is 7.32. The monoisotopic (exact) mass is 292 g/mol. The number of ether oxygens (including phenoxy) is 2. The van der Waals surface area contributed by atoms with Crippen molar-refractivity contribution in [2.75, 3.05) is 19.8 Å². The molecule has 1 fully saturated rings. The number of hydrogen-bond acceptors (Lipinski definition) is 4.